The topological polar surface area (TPSA) is 12.0 Å². The molecule has 1 aliphatic carbocycles. The molecule has 1 N–H and O–H groups in total. The number of hydrogen-bond acceptors (Lipinski definition) is 1. The van der Waals surface area contributed by atoms with Crippen molar-refractivity contribution < 1.29 is 0 Å². The van der Waals surface area contributed by atoms with E-state index in [1.54, 1.807) is 5.57 Å². The van der Waals surface area contributed by atoms with Gasteiger partial charge in [-0.05, 0) is 37.0 Å². The van der Waals surface area contributed by atoms with E-state index in [9.17, 15) is 0 Å². The van der Waals surface area contributed by atoms with E-state index in [1.165, 1.54) is 19.3 Å². The molecule has 2 aliphatic rings. The van der Waals surface area contributed by atoms with Gasteiger partial charge in [-0.15, -0.1) is 0 Å². The molecule has 1 aliphatic heterocycles. The Bertz CT molecular complexity index is 163. The molecule has 0 aromatic rings. The molecule has 0 radical (unpaired) electrons. The highest BCUT2D eigenvalue weighted by Gasteiger charge is 2.25. The van der Waals surface area contributed by atoms with Crippen LogP contribution in [0, 0.1) is 5.92 Å². The van der Waals surface area contributed by atoms with Crippen LogP contribution in [-0.4, -0.2) is 0 Å². The first-order chi connectivity index (χ1) is 4.47. The lowest BCUT2D eigenvalue weighted by Gasteiger charge is -2.06. The standard InChI is InChI=1S/C8H11N/c1-2-8(6-9-5-1)7-3-4-7/h1,5-7,9H,2-4H2. The summed E-state index contributed by atoms with van der Waals surface area (Å²) in [5.74, 6) is 0.933. The van der Waals surface area contributed by atoms with E-state index in [2.05, 4.69) is 17.6 Å². The van der Waals surface area contributed by atoms with Crippen LogP contribution in [0.2, 0.25) is 0 Å². The highest BCUT2D eigenvalue weighted by atomic mass is 14.8. The smallest absolute Gasteiger partial charge is 0.000223 e. The Hall–Kier alpha value is -0.720. The highest BCUT2D eigenvalue weighted by molar-refractivity contribution is 5.18. The summed E-state index contributed by atoms with van der Waals surface area (Å²) < 4.78 is 0. The lowest BCUT2D eigenvalue weighted by molar-refractivity contribution is 0.899. The minimum absolute atomic E-state index is 0.933. The average Bonchev–Trinajstić information content (AvgIpc) is 2.71. The van der Waals surface area contributed by atoms with Crippen LogP contribution in [0.5, 0.6) is 0 Å². The third kappa shape index (κ3) is 0.995. The van der Waals surface area contributed by atoms with Gasteiger partial charge in [-0.3, -0.25) is 0 Å². The third-order valence-electron chi connectivity index (χ3n) is 1.94. The average molecular weight is 121 g/mol. The normalized spacial score (nSPS) is 25.1. The van der Waals surface area contributed by atoms with Gasteiger partial charge in [0.15, 0.2) is 0 Å². The second-order valence-electron chi connectivity index (χ2n) is 2.77. The molecule has 1 fully saturated rings. The van der Waals surface area contributed by atoms with Crippen molar-refractivity contribution in [2.24, 2.45) is 5.92 Å². The minimum Gasteiger partial charge on any atom is -0.368 e. The first-order valence-corrected chi connectivity index (χ1v) is 3.57. The van der Waals surface area contributed by atoms with Gasteiger partial charge in [0.2, 0.25) is 0 Å². The summed E-state index contributed by atoms with van der Waals surface area (Å²) in [4.78, 5) is 0. The lowest BCUT2D eigenvalue weighted by atomic mass is 10.1. The van der Waals surface area contributed by atoms with Gasteiger partial charge < -0.3 is 5.32 Å². The molecule has 1 heteroatoms. The van der Waals surface area contributed by atoms with Crippen LogP contribution in [0.25, 0.3) is 0 Å². The van der Waals surface area contributed by atoms with E-state index in [0.717, 1.165) is 5.92 Å². The van der Waals surface area contributed by atoms with Crippen LogP contribution >= 0.6 is 0 Å². The fourth-order valence-electron chi connectivity index (χ4n) is 1.22. The number of dihydropyridines is 1. The van der Waals surface area contributed by atoms with E-state index >= 15 is 0 Å². The summed E-state index contributed by atoms with van der Waals surface area (Å²) in [6, 6.07) is 0. The van der Waals surface area contributed by atoms with Crippen LogP contribution in [0.1, 0.15) is 19.3 Å². The predicted molar refractivity (Wildman–Crippen MR) is 37.7 cm³/mol. The van der Waals surface area contributed by atoms with Crippen molar-refractivity contribution in [2.75, 3.05) is 0 Å². The zero-order valence-corrected chi connectivity index (χ0v) is 5.43. The Morgan fingerprint density at radius 2 is 2.33 bits per heavy atom. The third-order valence-corrected chi connectivity index (χ3v) is 1.94. The Labute approximate surface area is 55.5 Å². The quantitative estimate of drug-likeness (QED) is 0.557. The molecule has 48 valence electrons. The molecular weight excluding hydrogens is 110 g/mol. The highest BCUT2D eigenvalue weighted by Crippen LogP contribution is 2.38. The Balaban J connectivity index is 2.02. The van der Waals surface area contributed by atoms with E-state index in [1.807, 2.05) is 6.20 Å². The molecule has 0 aromatic heterocycles. The van der Waals surface area contributed by atoms with Gasteiger partial charge >= 0.3 is 0 Å². The van der Waals surface area contributed by atoms with Crippen molar-refractivity contribution in [2.45, 2.75) is 19.3 Å². The minimum atomic E-state index is 0.933. The Morgan fingerprint density at radius 3 is 2.89 bits per heavy atom. The number of rotatable bonds is 1. The van der Waals surface area contributed by atoms with Crippen LogP contribution in [-0.2, 0) is 0 Å². The summed E-state index contributed by atoms with van der Waals surface area (Å²) in [5, 5.41) is 3.11. The number of allylic oxidation sites excluding steroid dienone is 2. The molecule has 0 bridgehead atoms. The largest absolute Gasteiger partial charge is 0.368 e. The number of hydrogen-bond donors (Lipinski definition) is 1. The van der Waals surface area contributed by atoms with Gasteiger partial charge in [-0.2, -0.15) is 0 Å². The first kappa shape index (κ1) is 5.10. The summed E-state index contributed by atoms with van der Waals surface area (Å²) in [6.07, 6.45) is 10.4. The zero-order chi connectivity index (χ0) is 6.10. The Kier molecular flexibility index (Phi) is 1.08. The van der Waals surface area contributed by atoms with Crippen LogP contribution in [0.4, 0.5) is 0 Å². The van der Waals surface area contributed by atoms with Crippen LogP contribution in [0.15, 0.2) is 24.0 Å². The zero-order valence-electron chi connectivity index (χ0n) is 5.43. The molecule has 1 heterocycles. The second-order valence-corrected chi connectivity index (χ2v) is 2.77. The number of nitrogens with one attached hydrogen (secondary N) is 1. The summed E-state index contributed by atoms with van der Waals surface area (Å²) in [7, 11) is 0. The maximum Gasteiger partial charge on any atom is 0.000223 e. The van der Waals surface area contributed by atoms with Gasteiger partial charge in [0, 0.05) is 6.20 Å². The fraction of sp³-hybridized carbons (Fsp3) is 0.500. The van der Waals surface area contributed by atoms with Gasteiger partial charge in [0.25, 0.3) is 0 Å². The van der Waals surface area contributed by atoms with Crippen molar-refractivity contribution >= 4 is 0 Å². The lowest BCUT2D eigenvalue weighted by Crippen LogP contribution is -2.01. The molecule has 0 spiro atoms. The van der Waals surface area contributed by atoms with Crippen molar-refractivity contribution in [1.82, 2.24) is 5.32 Å². The molecule has 9 heavy (non-hydrogen) atoms. The van der Waals surface area contributed by atoms with E-state index in [0.29, 0.717) is 0 Å². The maximum absolute atomic E-state index is 3.11. The first-order valence-electron chi connectivity index (χ1n) is 3.57. The van der Waals surface area contributed by atoms with Crippen molar-refractivity contribution in [1.29, 1.82) is 0 Å². The summed E-state index contributed by atoms with van der Waals surface area (Å²) in [6.45, 7) is 0. The Morgan fingerprint density at radius 1 is 1.44 bits per heavy atom. The van der Waals surface area contributed by atoms with Gasteiger partial charge in [0.05, 0.1) is 0 Å². The van der Waals surface area contributed by atoms with Gasteiger partial charge in [0.1, 0.15) is 0 Å². The molecule has 1 nitrogen and oxygen atoms in total. The van der Waals surface area contributed by atoms with E-state index in [-0.39, 0.29) is 0 Å². The SMILES string of the molecule is C1=CNC=C(C2CC2)C1. The predicted octanol–water partition coefficient (Wildman–Crippen LogP) is 1.79. The molecule has 1 saturated carbocycles. The monoisotopic (exact) mass is 121 g/mol. The molecule has 0 unspecified atom stereocenters. The van der Waals surface area contributed by atoms with E-state index in [4.69, 9.17) is 0 Å². The second kappa shape index (κ2) is 1.90. The maximum atomic E-state index is 3.11. The van der Waals surface area contributed by atoms with Crippen molar-refractivity contribution in [3.05, 3.63) is 24.0 Å². The van der Waals surface area contributed by atoms with Gasteiger partial charge in [-0.25, -0.2) is 0 Å². The van der Waals surface area contributed by atoms with Gasteiger partial charge in [-0.1, -0.05) is 6.08 Å². The molecular formula is C8H11N. The summed E-state index contributed by atoms with van der Waals surface area (Å²) >= 11 is 0. The molecule has 2 rings (SSSR count). The van der Waals surface area contributed by atoms with Crippen molar-refractivity contribution in [3.63, 3.8) is 0 Å². The van der Waals surface area contributed by atoms with E-state index < -0.39 is 0 Å². The molecule has 0 saturated heterocycles. The molecule has 0 aromatic carbocycles. The van der Waals surface area contributed by atoms with Crippen LogP contribution < -0.4 is 5.32 Å². The fourth-order valence-corrected chi connectivity index (χ4v) is 1.22. The van der Waals surface area contributed by atoms with Crippen molar-refractivity contribution in [3.8, 4) is 0 Å². The molecule has 0 atom stereocenters. The molecule has 0 amide bonds. The van der Waals surface area contributed by atoms with Crippen LogP contribution in [0.3, 0.4) is 0 Å². The summed E-state index contributed by atoms with van der Waals surface area (Å²) in [5.41, 5.74) is 1.59.